The van der Waals surface area contributed by atoms with E-state index in [1.54, 1.807) is 19.2 Å². The number of aromatic nitrogens is 1. The Morgan fingerprint density at radius 1 is 1.17 bits per heavy atom. The fourth-order valence-corrected chi connectivity index (χ4v) is 5.06. The fourth-order valence-electron chi connectivity index (χ4n) is 5.06. The first-order valence-corrected chi connectivity index (χ1v) is 11.6. The lowest BCUT2D eigenvalue weighted by Gasteiger charge is -2.40. The number of phenolic OH excluding ortho intramolecular Hbond substituents is 1. The van der Waals surface area contributed by atoms with Gasteiger partial charge in [0.25, 0.3) is 0 Å². The molecule has 7 atom stereocenters. The Hall–Kier alpha value is -2.77. The molecule has 1 aromatic heterocycles. The molecule has 0 bridgehead atoms. The zero-order chi connectivity index (χ0) is 25.9. The van der Waals surface area contributed by atoms with Crippen molar-refractivity contribution in [2.45, 2.75) is 55.8 Å². The second-order valence-corrected chi connectivity index (χ2v) is 9.68. The van der Waals surface area contributed by atoms with Crippen molar-refractivity contribution in [1.29, 1.82) is 0 Å². The highest BCUT2D eigenvalue weighted by molar-refractivity contribution is 5.99. The van der Waals surface area contributed by atoms with Crippen molar-refractivity contribution < 1.29 is 44.8 Å². The Bertz CT molecular complexity index is 1370. The van der Waals surface area contributed by atoms with Crippen LogP contribution in [0.25, 0.3) is 21.8 Å². The summed E-state index contributed by atoms with van der Waals surface area (Å²) in [6.07, 6.45) is -7.94. The molecule has 1 fully saturated rings. The molecule has 0 spiro atoms. The number of pyridine rings is 1. The number of aryl methyl sites for hydroxylation is 1. The minimum Gasteiger partial charge on any atom is -0.507 e. The van der Waals surface area contributed by atoms with Gasteiger partial charge in [0.05, 0.1) is 29.6 Å². The third kappa shape index (κ3) is 3.84. The summed E-state index contributed by atoms with van der Waals surface area (Å²) in [7, 11) is 1.79. The zero-order valence-electron chi connectivity index (χ0n) is 19.7. The summed E-state index contributed by atoms with van der Waals surface area (Å²) in [4.78, 5) is 13.2. The van der Waals surface area contributed by atoms with Crippen molar-refractivity contribution in [3.05, 3.63) is 46.1 Å². The highest BCUT2D eigenvalue weighted by Crippen LogP contribution is 2.42. The van der Waals surface area contributed by atoms with Crippen LogP contribution in [-0.4, -0.2) is 90.8 Å². The molecule has 3 aromatic rings. The predicted molar refractivity (Wildman–Crippen MR) is 127 cm³/mol. The number of benzene rings is 2. The van der Waals surface area contributed by atoms with E-state index in [1.165, 1.54) is 13.0 Å². The van der Waals surface area contributed by atoms with Crippen molar-refractivity contribution in [3.63, 3.8) is 0 Å². The molecule has 3 heterocycles. The average molecular weight is 504 g/mol. The SMILES string of the molecule is Cn1c2ccccc2c(=O)c2c(O)cc3c(c21)C[C@@H]([C@@](C)(O)CO[C@H]1O[C@H](CO)[C@@H](O)[C@@H](O)[C@@H]1O)O3. The Morgan fingerprint density at radius 2 is 1.89 bits per heavy atom. The molecule has 0 radical (unpaired) electrons. The highest BCUT2D eigenvalue weighted by Gasteiger charge is 2.46. The number of fused-ring (bicyclic) bond motifs is 4. The third-order valence-electron chi connectivity index (χ3n) is 7.16. The van der Waals surface area contributed by atoms with Gasteiger partial charge < -0.3 is 49.4 Å². The van der Waals surface area contributed by atoms with Crippen LogP contribution in [0.3, 0.4) is 0 Å². The molecule has 194 valence electrons. The van der Waals surface area contributed by atoms with Gasteiger partial charge in [-0.05, 0) is 19.1 Å². The Balaban J connectivity index is 1.43. The molecule has 11 heteroatoms. The molecule has 2 aromatic carbocycles. The van der Waals surface area contributed by atoms with E-state index in [0.29, 0.717) is 27.7 Å². The first kappa shape index (κ1) is 24.9. The van der Waals surface area contributed by atoms with E-state index in [2.05, 4.69) is 0 Å². The second kappa shape index (κ2) is 8.96. The van der Waals surface area contributed by atoms with Gasteiger partial charge in [0.15, 0.2) is 6.29 Å². The number of aromatic hydroxyl groups is 1. The van der Waals surface area contributed by atoms with Crippen molar-refractivity contribution in [2.24, 2.45) is 7.05 Å². The van der Waals surface area contributed by atoms with Crippen LogP contribution in [0.5, 0.6) is 11.5 Å². The molecular weight excluding hydrogens is 474 g/mol. The molecule has 36 heavy (non-hydrogen) atoms. The normalized spacial score (nSPS) is 29.8. The summed E-state index contributed by atoms with van der Waals surface area (Å²) in [6.45, 7) is 0.469. The van der Waals surface area contributed by atoms with Crippen LogP contribution in [0, 0.1) is 0 Å². The first-order chi connectivity index (χ1) is 17.0. The summed E-state index contributed by atoms with van der Waals surface area (Å²) in [5.74, 6) is 0.0939. The summed E-state index contributed by atoms with van der Waals surface area (Å²) in [5.41, 5.74) is -0.104. The fraction of sp³-hybridized carbons (Fsp3) is 0.480. The van der Waals surface area contributed by atoms with Gasteiger partial charge in [-0.1, -0.05) is 12.1 Å². The zero-order valence-corrected chi connectivity index (χ0v) is 19.7. The van der Waals surface area contributed by atoms with E-state index >= 15 is 0 Å². The Labute approximate surface area is 205 Å². The van der Waals surface area contributed by atoms with Gasteiger partial charge >= 0.3 is 0 Å². The molecule has 0 amide bonds. The lowest BCUT2D eigenvalue weighted by Crippen LogP contribution is -2.60. The molecule has 2 aliphatic rings. The number of nitrogens with zero attached hydrogens (tertiary/aromatic N) is 1. The van der Waals surface area contributed by atoms with Crippen LogP contribution in [0.1, 0.15) is 12.5 Å². The van der Waals surface area contributed by atoms with Crippen LogP contribution >= 0.6 is 0 Å². The molecule has 11 nitrogen and oxygen atoms in total. The third-order valence-corrected chi connectivity index (χ3v) is 7.16. The van der Waals surface area contributed by atoms with E-state index in [-0.39, 0.29) is 29.6 Å². The smallest absolute Gasteiger partial charge is 0.200 e. The Kier molecular flexibility index (Phi) is 6.20. The lowest BCUT2D eigenvalue weighted by molar-refractivity contribution is -0.310. The van der Waals surface area contributed by atoms with E-state index in [4.69, 9.17) is 14.2 Å². The van der Waals surface area contributed by atoms with Crippen LogP contribution < -0.4 is 10.2 Å². The monoisotopic (exact) mass is 503 g/mol. The maximum Gasteiger partial charge on any atom is 0.200 e. The van der Waals surface area contributed by atoms with Gasteiger partial charge in [0, 0.05) is 30.5 Å². The van der Waals surface area contributed by atoms with E-state index in [1.807, 2.05) is 16.7 Å². The number of para-hydroxylation sites is 1. The lowest BCUT2D eigenvalue weighted by atomic mass is 9.94. The molecular formula is C25H29NO10. The van der Waals surface area contributed by atoms with E-state index < -0.39 is 49.0 Å². The molecule has 0 unspecified atom stereocenters. The van der Waals surface area contributed by atoms with E-state index in [9.17, 15) is 35.4 Å². The second-order valence-electron chi connectivity index (χ2n) is 9.68. The minimum absolute atomic E-state index is 0.163. The Morgan fingerprint density at radius 3 is 2.61 bits per heavy atom. The van der Waals surface area contributed by atoms with Gasteiger partial charge in [-0.15, -0.1) is 0 Å². The predicted octanol–water partition coefficient (Wildman–Crippen LogP) is -0.732. The summed E-state index contributed by atoms with van der Waals surface area (Å²) in [6, 6.07) is 8.44. The van der Waals surface area contributed by atoms with Gasteiger partial charge in [-0.25, -0.2) is 0 Å². The van der Waals surface area contributed by atoms with Crippen LogP contribution in [-0.2, 0) is 22.9 Å². The average Bonchev–Trinajstić information content (AvgIpc) is 3.29. The number of phenols is 1. The summed E-state index contributed by atoms with van der Waals surface area (Å²) < 4.78 is 18.7. The quantitative estimate of drug-likeness (QED) is 0.244. The number of rotatable bonds is 5. The molecule has 0 saturated carbocycles. The van der Waals surface area contributed by atoms with Crippen molar-refractivity contribution in [3.8, 4) is 11.5 Å². The number of hydrogen-bond donors (Lipinski definition) is 6. The van der Waals surface area contributed by atoms with Crippen molar-refractivity contribution in [1.82, 2.24) is 4.57 Å². The summed E-state index contributed by atoms with van der Waals surface area (Å²) in [5, 5.41) is 62.0. The minimum atomic E-state index is -1.63. The van der Waals surface area contributed by atoms with Crippen LogP contribution in [0.2, 0.25) is 0 Å². The van der Waals surface area contributed by atoms with Crippen LogP contribution in [0.15, 0.2) is 35.1 Å². The first-order valence-electron chi connectivity index (χ1n) is 11.6. The summed E-state index contributed by atoms with van der Waals surface area (Å²) >= 11 is 0. The molecule has 2 aliphatic heterocycles. The van der Waals surface area contributed by atoms with E-state index in [0.717, 1.165) is 0 Å². The standard InChI is InChI=1S/C25H29NO10/c1-25(33,10-34-24-23(32)22(31)21(30)16(9-27)36-24)17-7-12-15(35-17)8-14(28)18-19(12)26(2)13-6-4-3-5-11(13)20(18)29/h3-6,8,16-17,21-24,27-28,30-33H,7,9-10H2,1-2H3/t16-,17+,21-,22-,23+,24+,25+/m1/s1. The van der Waals surface area contributed by atoms with Gasteiger partial charge in [-0.3, -0.25) is 4.79 Å². The largest absolute Gasteiger partial charge is 0.507 e. The van der Waals surface area contributed by atoms with Crippen molar-refractivity contribution in [2.75, 3.05) is 13.2 Å². The number of hydrogen-bond acceptors (Lipinski definition) is 10. The van der Waals surface area contributed by atoms with Gasteiger partial charge in [0.1, 0.15) is 47.6 Å². The van der Waals surface area contributed by atoms with Crippen molar-refractivity contribution >= 4 is 21.8 Å². The molecule has 5 rings (SSSR count). The number of aliphatic hydroxyl groups is 5. The topological polar surface area (TPSA) is 171 Å². The maximum atomic E-state index is 13.2. The molecule has 0 aliphatic carbocycles. The maximum absolute atomic E-state index is 13.2. The van der Waals surface area contributed by atoms with Gasteiger partial charge in [0.2, 0.25) is 5.43 Å². The van der Waals surface area contributed by atoms with Gasteiger partial charge in [-0.2, -0.15) is 0 Å². The highest BCUT2D eigenvalue weighted by atomic mass is 16.7. The number of ether oxygens (including phenoxy) is 3. The van der Waals surface area contributed by atoms with Crippen LogP contribution in [0.4, 0.5) is 0 Å². The molecule has 6 N–H and O–H groups in total. The number of aliphatic hydroxyl groups excluding tert-OH is 4. The molecule has 1 saturated heterocycles.